The quantitative estimate of drug-likeness (QED) is 0.510. The van der Waals surface area contributed by atoms with Crippen LogP contribution in [-0.4, -0.2) is 18.2 Å². The third-order valence-corrected chi connectivity index (χ3v) is 5.41. The third kappa shape index (κ3) is 3.63. The summed E-state index contributed by atoms with van der Waals surface area (Å²) in [5, 5.41) is 12.7. The van der Waals surface area contributed by atoms with E-state index in [4.69, 9.17) is 28.5 Å². The number of hydrogen-bond donors (Lipinski definition) is 1. The van der Waals surface area contributed by atoms with Crippen molar-refractivity contribution in [1.82, 2.24) is 0 Å². The number of hydrazone groups is 1. The van der Waals surface area contributed by atoms with Gasteiger partial charge >= 0.3 is 0 Å². The van der Waals surface area contributed by atoms with Crippen molar-refractivity contribution in [3.8, 4) is 6.07 Å². The molecule has 0 bridgehead atoms. The molecule has 0 saturated carbocycles. The van der Waals surface area contributed by atoms with E-state index in [-0.39, 0.29) is 0 Å². The van der Waals surface area contributed by atoms with Crippen LogP contribution in [0.2, 0.25) is 10.0 Å². The van der Waals surface area contributed by atoms with Crippen molar-refractivity contribution in [3.63, 3.8) is 0 Å². The van der Waals surface area contributed by atoms with Gasteiger partial charge in [-0.3, -0.25) is 5.43 Å². The minimum absolute atomic E-state index is 0.295. The van der Waals surface area contributed by atoms with Crippen LogP contribution in [0.5, 0.6) is 0 Å². The lowest BCUT2D eigenvalue weighted by atomic mass is 10.3. The molecule has 0 aliphatic heterocycles. The van der Waals surface area contributed by atoms with Crippen LogP contribution in [0.4, 0.5) is 5.69 Å². The largest absolute Gasteiger partial charge is 0.276 e. The molecule has 0 atom stereocenters. The average molecular weight is 334 g/mol. The van der Waals surface area contributed by atoms with Gasteiger partial charge in [-0.2, -0.15) is 10.4 Å². The molecule has 20 heavy (non-hydrogen) atoms. The highest BCUT2D eigenvalue weighted by molar-refractivity contribution is 8.08. The van der Waals surface area contributed by atoms with Crippen LogP contribution in [0.1, 0.15) is 20.8 Å². The first kappa shape index (κ1) is 16.8. The molecule has 8 heteroatoms. The summed E-state index contributed by atoms with van der Waals surface area (Å²) in [4.78, 5) is 0. The number of halogens is 2. The molecule has 1 aromatic carbocycles. The van der Waals surface area contributed by atoms with E-state index in [1.807, 2.05) is 0 Å². The zero-order valence-electron chi connectivity index (χ0n) is 11.1. The fourth-order valence-corrected chi connectivity index (χ4v) is 2.28. The Kier molecular flexibility index (Phi) is 5.03. The molecule has 0 radical (unpaired) electrons. The molecule has 108 valence electrons. The number of rotatable bonds is 2. The second-order valence-corrected chi connectivity index (χ2v) is 8.32. The Morgan fingerprint density at radius 1 is 1.30 bits per heavy atom. The monoisotopic (exact) mass is 333 g/mol. The number of anilines is 1. The Morgan fingerprint density at radius 3 is 2.35 bits per heavy atom. The van der Waals surface area contributed by atoms with E-state index in [1.165, 1.54) is 32.9 Å². The van der Waals surface area contributed by atoms with Gasteiger partial charge in [-0.15, -0.1) is 0 Å². The van der Waals surface area contributed by atoms with Crippen molar-refractivity contribution < 1.29 is 8.42 Å². The number of sulfone groups is 1. The van der Waals surface area contributed by atoms with E-state index in [2.05, 4.69) is 10.5 Å². The van der Waals surface area contributed by atoms with Crippen LogP contribution >= 0.6 is 23.2 Å². The van der Waals surface area contributed by atoms with Crippen LogP contribution in [-0.2, 0) is 9.84 Å². The summed E-state index contributed by atoms with van der Waals surface area (Å²) in [6, 6.07) is 6.16. The summed E-state index contributed by atoms with van der Waals surface area (Å²) in [5.41, 5.74) is 2.91. The zero-order chi connectivity index (χ0) is 15.6. The molecule has 0 unspecified atom stereocenters. The van der Waals surface area contributed by atoms with Gasteiger partial charge in [0.15, 0.2) is 0 Å². The first-order chi connectivity index (χ1) is 9.09. The van der Waals surface area contributed by atoms with Crippen molar-refractivity contribution in [2.75, 3.05) is 5.43 Å². The fraction of sp³-hybridized carbons (Fsp3) is 0.333. The van der Waals surface area contributed by atoms with Gasteiger partial charge in [0.05, 0.1) is 20.5 Å². The smallest absolute Gasteiger partial charge is 0.252 e. The number of nitriles is 1. The standard InChI is InChI=1S/C12H13Cl2N3O2S/c1-12(2,3)20(18,19)11(7-15)17-16-8-4-5-9(13)10(14)6-8/h4-6,16H,1-3H3. The van der Waals surface area contributed by atoms with E-state index >= 15 is 0 Å². The van der Waals surface area contributed by atoms with Crippen LogP contribution in [0.3, 0.4) is 0 Å². The molecule has 1 aromatic rings. The molecule has 0 amide bonds. The van der Waals surface area contributed by atoms with Crippen LogP contribution < -0.4 is 5.43 Å². The predicted molar refractivity (Wildman–Crippen MR) is 81.8 cm³/mol. The van der Waals surface area contributed by atoms with Crippen LogP contribution in [0.15, 0.2) is 23.3 Å². The molecule has 0 spiro atoms. The second-order valence-electron chi connectivity index (χ2n) is 4.89. The molecule has 0 fully saturated rings. The van der Waals surface area contributed by atoms with Gasteiger partial charge < -0.3 is 0 Å². The van der Waals surface area contributed by atoms with Crippen LogP contribution in [0.25, 0.3) is 0 Å². The Balaban J connectivity index is 3.10. The molecule has 1 N–H and O–H groups in total. The Labute approximate surface area is 128 Å². The maximum Gasteiger partial charge on any atom is 0.252 e. The van der Waals surface area contributed by atoms with Crippen molar-refractivity contribution in [3.05, 3.63) is 28.2 Å². The normalized spacial score (nSPS) is 12.9. The summed E-state index contributed by atoms with van der Waals surface area (Å²) in [5.74, 6) is 0. The van der Waals surface area contributed by atoms with Gasteiger partial charge in [0.2, 0.25) is 9.84 Å². The number of benzene rings is 1. The lowest BCUT2D eigenvalue weighted by Gasteiger charge is -2.17. The number of hydrogen-bond acceptors (Lipinski definition) is 5. The summed E-state index contributed by atoms with van der Waals surface area (Å²) in [6.45, 7) is 4.48. The highest BCUT2D eigenvalue weighted by atomic mass is 35.5. The first-order valence-corrected chi connectivity index (χ1v) is 7.77. The lowest BCUT2D eigenvalue weighted by molar-refractivity contribution is 0.573. The molecule has 0 saturated heterocycles. The zero-order valence-corrected chi connectivity index (χ0v) is 13.4. The molecular weight excluding hydrogens is 321 g/mol. The van der Waals surface area contributed by atoms with E-state index in [1.54, 1.807) is 12.1 Å². The molecule has 0 aliphatic rings. The van der Waals surface area contributed by atoms with Crippen molar-refractivity contribution in [2.45, 2.75) is 25.5 Å². The van der Waals surface area contributed by atoms with E-state index in [9.17, 15) is 8.42 Å². The summed E-state index contributed by atoms with van der Waals surface area (Å²) >= 11 is 11.6. The van der Waals surface area contributed by atoms with Crippen molar-refractivity contribution >= 4 is 43.8 Å². The van der Waals surface area contributed by atoms with Gasteiger partial charge in [-0.05, 0) is 39.0 Å². The Morgan fingerprint density at radius 2 is 1.90 bits per heavy atom. The number of nitrogens with zero attached hydrogens (tertiary/aromatic N) is 2. The van der Waals surface area contributed by atoms with E-state index in [0.29, 0.717) is 15.7 Å². The number of nitrogens with one attached hydrogen (secondary N) is 1. The first-order valence-electron chi connectivity index (χ1n) is 5.53. The molecule has 0 heterocycles. The minimum Gasteiger partial charge on any atom is -0.276 e. The van der Waals surface area contributed by atoms with Gasteiger partial charge in [0.25, 0.3) is 5.04 Å². The summed E-state index contributed by atoms with van der Waals surface area (Å²) < 4.78 is 23.1. The molecule has 0 aliphatic carbocycles. The van der Waals surface area contributed by atoms with Gasteiger partial charge in [-0.1, -0.05) is 23.2 Å². The van der Waals surface area contributed by atoms with Crippen LogP contribution in [0, 0.1) is 11.3 Å². The SMILES string of the molecule is CC(C)(C)S(=O)(=O)C(C#N)=NNc1ccc(Cl)c(Cl)c1. The molecular formula is C12H13Cl2N3O2S. The van der Waals surface area contributed by atoms with E-state index in [0.717, 1.165) is 0 Å². The maximum absolute atomic E-state index is 12.1. The van der Waals surface area contributed by atoms with Gasteiger partial charge in [0, 0.05) is 0 Å². The summed E-state index contributed by atoms with van der Waals surface area (Å²) in [6.07, 6.45) is 0. The van der Waals surface area contributed by atoms with Gasteiger partial charge in [-0.25, -0.2) is 8.42 Å². The summed E-state index contributed by atoms with van der Waals surface area (Å²) in [7, 11) is -3.81. The van der Waals surface area contributed by atoms with E-state index < -0.39 is 19.6 Å². The predicted octanol–water partition coefficient (Wildman–Crippen LogP) is 3.46. The highest BCUT2D eigenvalue weighted by Crippen LogP contribution is 2.25. The Bertz CT molecular complexity index is 686. The van der Waals surface area contributed by atoms with Crippen molar-refractivity contribution in [2.24, 2.45) is 5.10 Å². The maximum atomic E-state index is 12.1. The second kappa shape index (κ2) is 6.00. The fourth-order valence-electron chi connectivity index (χ4n) is 1.12. The molecule has 0 aromatic heterocycles. The minimum atomic E-state index is -3.81. The topological polar surface area (TPSA) is 82.3 Å². The van der Waals surface area contributed by atoms with Gasteiger partial charge in [0.1, 0.15) is 6.07 Å². The highest BCUT2D eigenvalue weighted by Gasteiger charge is 2.34. The third-order valence-electron chi connectivity index (χ3n) is 2.36. The molecule has 1 rings (SSSR count). The average Bonchev–Trinajstić information content (AvgIpc) is 2.32. The lowest BCUT2D eigenvalue weighted by Crippen LogP contribution is -2.34. The molecule has 5 nitrogen and oxygen atoms in total. The van der Waals surface area contributed by atoms with Crippen molar-refractivity contribution in [1.29, 1.82) is 5.26 Å². The Hall–Kier alpha value is -1.29.